The summed E-state index contributed by atoms with van der Waals surface area (Å²) in [7, 11) is 1.74. The molecule has 0 saturated carbocycles. The quantitative estimate of drug-likeness (QED) is 0.802. The summed E-state index contributed by atoms with van der Waals surface area (Å²) in [5, 5.41) is 11.0. The number of aromatic nitrogens is 4. The van der Waals surface area contributed by atoms with Crippen molar-refractivity contribution in [2.45, 2.75) is 6.54 Å². The number of amides is 1. The number of nitrogens with zero attached hydrogens (tertiary/aromatic N) is 4. The lowest BCUT2D eigenvalue weighted by Gasteiger charge is -2.05. The van der Waals surface area contributed by atoms with Gasteiger partial charge in [0.25, 0.3) is 0 Å². The van der Waals surface area contributed by atoms with Crippen molar-refractivity contribution < 1.29 is 9.18 Å². The molecule has 0 saturated heterocycles. The van der Waals surface area contributed by atoms with Gasteiger partial charge in [0.2, 0.25) is 5.91 Å². The van der Waals surface area contributed by atoms with Gasteiger partial charge in [0.1, 0.15) is 18.2 Å². The summed E-state index contributed by atoms with van der Waals surface area (Å²) in [6, 6.07) is 9.62. The Morgan fingerprint density at radius 1 is 1.32 bits per heavy atom. The molecule has 0 atom stereocenters. The van der Waals surface area contributed by atoms with Crippen molar-refractivity contribution in [3.05, 3.63) is 54.6 Å². The molecule has 0 aliphatic rings. The molecule has 1 aromatic carbocycles. The van der Waals surface area contributed by atoms with E-state index in [1.807, 2.05) is 0 Å². The van der Waals surface area contributed by atoms with Gasteiger partial charge in [-0.3, -0.25) is 14.2 Å². The first-order valence-electron chi connectivity index (χ1n) is 6.69. The normalized spacial score (nSPS) is 10.6. The van der Waals surface area contributed by atoms with Crippen molar-refractivity contribution in [3.63, 3.8) is 0 Å². The highest BCUT2D eigenvalue weighted by Gasteiger charge is 2.08. The second-order valence-electron chi connectivity index (χ2n) is 4.80. The molecule has 3 aromatic rings. The Kier molecular flexibility index (Phi) is 3.69. The molecule has 112 valence electrons. The van der Waals surface area contributed by atoms with Crippen LogP contribution in [0.25, 0.3) is 11.3 Å². The fourth-order valence-corrected chi connectivity index (χ4v) is 2.08. The van der Waals surface area contributed by atoms with E-state index in [0.717, 1.165) is 0 Å². The second kappa shape index (κ2) is 5.80. The number of carbonyl (C=O) groups excluding carboxylic acids is 1. The number of hydrogen-bond acceptors (Lipinski definition) is 3. The first-order chi connectivity index (χ1) is 10.6. The van der Waals surface area contributed by atoms with Crippen molar-refractivity contribution in [1.82, 2.24) is 19.6 Å². The highest BCUT2D eigenvalue weighted by Crippen LogP contribution is 2.17. The molecule has 0 bridgehead atoms. The molecule has 0 unspecified atom stereocenters. The largest absolute Gasteiger partial charge is 0.309 e. The lowest BCUT2D eigenvalue weighted by molar-refractivity contribution is -0.116. The van der Waals surface area contributed by atoms with Crippen LogP contribution in [0.2, 0.25) is 0 Å². The van der Waals surface area contributed by atoms with Crippen LogP contribution in [0.4, 0.5) is 10.2 Å². The van der Waals surface area contributed by atoms with Crippen LogP contribution in [0.5, 0.6) is 0 Å². The van der Waals surface area contributed by atoms with Crippen LogP contribution in [0.15, 0.2) is 48.8 Å². The Labute approximate surface area is 126 Å². The summed E-state index contributed by atoms with van der Waals surface area (Å²) in [6.45, 7) is 0.0699. The molecule has 1 N–H and O–H groups in total. The van der Waals surface area contributed by atoms with E-state index in [2.05, 4.69) is 15.5 Å². The number of aryl methyl sites for hydroxylation is 1. The lowest BCUT2D eigenvalue weighted by Crippen LogP contribution is -2.20. The average molecular weight is 299 g/mol. The van der Waals surface area contributed by atoms with Gasteiger partial charge in [0.15, 0.2) is 0 Å². The minimum absolute atomic E-state index is 0.0699. The molecular weight excluding hydrogens is 285 g/mol. The Morgan fingerprint density at radius 3 is 2.91 bits per heavy atom. The number of halogens is 1. The molecule has 3 rings (SSSR count). The Bertz CT molecular complexity index is 808. The van der Waals surface area contributed by atoms with Crippen molar-refractivity contribution in [2.75, 3.05) is 5.32 Å². The molecule has 0 aliphatic carbocycles. The Balaban J connectivity index is 1.69. The molecule has 22 heavy (non-hydrogen) atoms. The molecule has 6 nitrogen and oxygen atoms in total. The third-order valence-electron chi connectivity index (χ3n) is 3.16. The number of carbonyl (C=O) groups is 1. The standard InChI is InChI=1S/C15H14FN5O/c1-20-14(5-7-17-20)18-15(22)10-21-8-6-13(19-21)11-3-2-4-12(16)9-11/h2-9H,10H2,1H3,(H,18,22). The molecule has 1 amide bonds. The van der Waals surface area contributed by atoms with Crippen LogP contribution in [-0.4, -0.2) is 25.5 Å². The van der Waals surface area contributed by atoms with Gasteiger partial charge in [-0.05, 0) is 18.2 Å². The van der Waals surface area contributed by atoms with Crippen LogP contribution >= 0.6 is 0 Å². The van der Waals surface area contributed by atoms with Crippen molar-refractivity contribution in [2.24, 2.45) is 7.05 Å². The van der Waals surface area contributed by atoms with E-state index in [9.17, 15) is 9.18 Å². The maximum absolute atomic E-state index is 13.2. The van der Waals surface area contributed by atoms with Crippen molar-refractivity contribution >= 4 is 11.7 Å². The van der Waals surface area contributed by atoms with Gasteiger partial charge in [-0.1, -0.05) is 12.1 Å². The van der Waals surface area contributed by atoms with E-state index in [1.165, 1.54) is 16.8 Å². The van der Waals surface area contributed by atoms with Crippen molar-refractivity contribution in [3.8, 4) is 11.3 Å². The smallest absolute Gasteiger partial charge is 0.247 e. The van der Waals surface area contributed by atoms with Gasteiger partial charge in [-0.2, -0.15) is 10.2 Å². The van der Waals surface area contributed by atoms with E-state index >= 15 is 0 Å². The van der Waals surface area contributed by atoms with Gasteiger partial charge in [0.05, 0.1) is 11.9 Å². The van der Waals surface area contributed by atoms with Crippen LogP contribution in [-0.2, 0) is 18.4 Å². The molecule has 0 fully saturated rings. The minimum Gasteiger partial charge on any atom is -0.309 e. The zero-order valence-corrected chi connectivity index (χ0v) is 11.9. The number of anilines is 1. The minimum atomic E-state index is -0.319. The van der Waals surface area contributed by atoms with E-state index in [1.54, 1.807) is 48.4 Å². The Morgan fingerprint density at radius 2 is 2.18 bits per heavy atom. The van der Waals surface area contributed by atoms with Crippen LogP contribution < -0.4 is 5.32 Å². The van der Waals surface area contributed by atoms with E-state index in [4.69, 9.17) is 0 Å². The lowest BCUT2D eigenvalue weighted by atomic mass is 10.1. The SMILES string of the molecule is Cn1nccc1NC(=O)Cn1ccc(-c2cccc(F)c2)n1. The fraction of sp³-hybridized carbons (Fsp3) is 0.133. The van der Waals surface area contributed by atoms with E-state index in [-0.39, 0.29) is 18.3 Å². The van der Waals surface area contributed by atoms with Gasteiger partial charge >= 0.3 is 0 Å². The summed E-state index contributed by atoms with van der Waals surface area (Å²) >= 11 is 0. The number of nitrogens with one attached hydrogen (secondary N) is 1. The highest BCUT2D eigenvalue weighted by molar-refractivity contribution is 5.89. The van der Waals surface area contributed by atoms with Crippen LogP contribution in [0.1, 0.15) is 0 Å². The van der Waals surface area contributed by atoms with Gasteiger partial charge in [-0.25, -0.2) is 4.39 Å². The summed E-state index contributed by atoms with van der Waals surface area (Å²) < 4.78 is 16.3. The molecule has 0 spiro atoms. The maximum Gasteiger partial charge on any atom is 0.247 e. The summed E-state index contributed by atoms with van der Waals surface area (Å²) in [4.78, 5) is 12.0. The predicted octanol–water partition coefficient (Wildman–Crippen LogP) is 2.06. The predicted molar refractivity (Wildman–Crippen MR) is 79.5 cm³/mol. The molecular formula is C15H14FN5O. The molecule has 0 aliphatic heterocycles. The molecule has 2 heterocycles. The first-order valence-corrected chi connectivity index (χ1v) is 6.69. The van der Waals surface area contributed by atoms with Gasteiger partial charge in [-0.15, -0.1) is 0 Å². The van der Waals surface area contributed by atoms with Crippen LogP contribution in [0, 0.1) is 5.82 Å². The molecule has 2 aromatic heterocycles. The summed E-state index contributed by atoms with van der Waals surface area (Å²) in [6.07, 6.45) is 3.29. The topological polar surface area (TPSA) is 64.7 Å². The molecule has 7 heteroatoms. The third-order valence-corrected chi connectivity index (χ3v) is 3.16. The fourth-order valence-electron chi connectivity index (χ4n) is 2.08. The third kappa shape index (κ3) is 3.03. The number of rotatable bonds is 4. The van der Waals surface area contributed by atoms with E-state index < -0.39 is 0 Å². The number of hydrogen-bond donors (Lipinski definition) is 1. The zero-order chi connectivity index (χ0) is 15.5. The zero-order valence-electron chi connectivity index (χ0n) is 11.9. The second-order valence-corrected chi connectivity index (χ2v) is 4.80. The van der Waals surface area contributed by atoms with Gasteiger partial charge in [0, 0.05) is 24.9 Å². The van der Waals surface area contributed by atoms with Gasteiger partial charge < -0.3 is 5.32 Å². The van der Waals surface area contributed by atoms with Crippen molar-refractivity contribution in [1.29, 1.82) is 0 Å². The Hall–Kier alpha value is -2.96. The van der Waals surface area contributed by atoms with E-state index in [0.29, 0.717) is 17.1 Å². The summed E-state index contributed by atoms with van der Waals surface area (Å²) in [5.41, 5.74) is 1.29. The number of benzene rings is 1. The molecule has 0 radical (unpaired) electrons. The summed E-state index contributed by atoms with van der Waals surface area (Å²) in [5.74, 6) is 0.0843. The average Bonchev–Trinajstić information content (AvgIpc) is 3.09. The highest BCUT2D eigenvalue weighted by atomic mass is 19.1. The first kappa shape index (κ1) is 14.0. The van der Waals surface area contributed by atoms with Crippen LogP contribution in [0.3, 0.4) is 0 Å². The maximum atomic E-state index is 13.2. The monoisotopic (exact) mass is 299 g/mol.